The third kappa shape index (κ3) is 10.5. The highest BCUT2D eigenvalue weighted by atomic mass is 16.4. The lowest BCUT2D eigenvalue weighted by molar-refractivity contribution is 0.0690. The Morgan fingerprint density at radius 2 is 0.848 bits per heavy atom. The summed E-state index contributed by atoms with van der Waals surface area (Å²) in [5.74, 6) is -2.98. The van der Waals surface area contributed by atoms with Gasteiger partial charge in [-0.2, -0.15) is 0 Å². The standard InChI is InChI=1S/C40H50O6/c1-25(23-39(3,4)5)9-11-27-13-17-29(18-14-27)35(41)31-21-32(34(38(45)46)22-33(31)37(43)44)36(42)30-19-15-28(16-20-30)12-10-26(2)24-40(6,7)8/h13-22,25-26H,9-12,23-24H2,1-8H3,(H,43,44)(H,45,46). The van der Waals surface area contributed by atoms with Crippen LogP contribution < -0.4 is 0 Å². The average Bonchev–Trinajstić information content (AvgIpc) is 2.96. The molecular weight excluding hydrogens is 576 g/mol. The Morgan fingerprint density at radius 3 is 1.13 bits per heavy atom. The fraction of sp³-hybridized carbons (Fsp3) is 0.450. The van der Waals surface area contributed by atoms with E-state index in [0.29, 0.717) is 11.8 Å². The summed E-state index contributed by atoms with van der Waals surface area (Å²) in [5.41, 5.74) is 1.80. The Kier molecular flexibility index (Phi) is 11.9. The summed E-state index contributed by atoms with van der Waals surface area (Å²) in [5, 5.41) is 19.8. The molecule has 3 aromatic carbocycles. The molecule has 0 spiro atoms. The minimum absolute atomic E-state index is 0.225. The van der Waals surface area contributed by atoms with Crippen molar-refractivity contribution in [2.24, 2.45) is 22.7 Å². The summed E-state index contributed by atoms with van der Waals surface area (Å²) in [6.45, 7) is 17.8. The van der Waals surface area contributed by atoms with Gasteiger partial charge in [-0.3, -0.25) is 9.59 Å². The van der Waals surface area contributed by atoms with Gasteiger partial charge in [-0.1, -0.05) is 104 Å². The van der Waals surface area contributed by atoms with Crippen molar-refractivity contribution in [1.82, 2.24) is 0 Å². The minimum atomic E-state index is -1.45. The zero-order valence-electron chi connectivity index (χ0n) is 28.7. The maximum atomic E-state index is 13.6. The molecule has 2 atom stereocenters. The summed E-state index contributed by atoms with van der Waals surface area (Å²) in [7, 11) is 0. The molecule has 46 heavy (non-hydrogen) atoms. The number of carboxylic acid groups (broad SMARTS) is 2. The number of aryl methyl sites for hydroxylation is 2. The Balaban J connectivity index is 1.87. The van der Waals surface area contributed by atoms with Gasteiger partial charge in [0.25, 0.3) is 0 Å². The number of carbonyl (C=O) groups is 4. The fourth-order valence-electron chi connectivity index (χ4n) is 6.41. The first-order chi connectivity index (χ1) is 21.3. The van der Waals surface area contributed by atoms with Crippen molar-refractivity contribution in [1.29, 1.82) is 0 Å². The van der Waals surface area contributed by atoms with Gasteiger partial charge in [-0.25, -0.2) is 9.59 Å². The number of rotatable bonds is 14. The van der Waals surface area contributed by atoms with Crippen LogP contribution in [0.1, 0.15) is 145 Å². The molecule has 2 N–H and O–H groups in total. The number of benzene rings is 3. The highest BCUT2D eigenvalue weighted by Gasteiger charge is 2.27. The highest BCUT2D eigenvalue weighted by Crippen LogP contribution is 2.29. The van der Waals surface area contributed by atoms with Crippen molar-refractivity contribution < 1.29 is 29.4 Å². The Hall–Kier alpha value is -4.06. The quantitative estimate of drug-likeness (QED) is 0.173. The molecule has 0 aliphatic rings. The maximum absolute atomic E-state index is 13.6. The summed E-state index contributed by atoms with van der Waals surface area (Å²) in [6.07, 6.45) is 5.94. The second kappa shape index (κ2) is 15.0. The molecule has 0 radical (unpaired) electrons. The monoisotopic (exact) mass is 626 g/mol. The van der Waals surface area contributed by atoms with Crippen molar-refractivity contribution in [3.63, 3.8) is 0 Å². The van der Waals surface area contributed by atoms with Crippen LogP contribution in [0.3, 0.4) is 0 Å². The molecular formula is C40H50O6. The van der Waals surface area contributed by atoms with Crippen LogP contribution in [0, 0.1) is 22.7 Å². The van der Waals surface area contributed by atoms with E-state index in [-0.39, 0.29) is 33.1 Å². The zero-order chi connectivity index (χ0) is 34.4. The van der Waals surface area contributed by atoms with E-state index in [1.54, 1.807) is 24.3 Å². The summed E-state index contributed by atoms with van der Waals surface area (Å²) in [4.78, 5) is 51.6. The predicted molar refractivity (Wildman–Crippen MR) is 183 cm³/mol. The number of hydrogen-bond acceptors (Lipinski definition) is 4. The molecule has 0 aliphatic carbocycles. The lowest BCUT2D eigenvalue weighted by Crippen LogP contribution is -2.17. The summed E-state index contributed by atoms with van der Waals surface area (Å²) >= 11 is 0. The lowest BCUT2D eigenvalue weighted by Gasteiger charge is -2.23. The van der Waals surface area contributed by atoms with E-state index >= 15 is 0 Å². The first kappa shape index (κ1) is 36.4. The fourth-order valence-corrected chi connectivity index (χ4v) is 6.41. The Labute approximate surface area is 274 Å². The molecule has 0 saturated heterocycles. The van der Waals surface area contributed by atoms with Crippen LogP contribution in [0.5, 0.6) is 0 Å². The van der Waals surface area contributed by atoms with E-state index in [1.807, 2.05) is 24.3 Å². The predicted octanol–water partition coefficient (Wildman–Crippen LogP) is 9.55. The van der Waals surface area contributed by atoms with Crippen LogP contribution in [0.15, 0.2) is 60.7 Å². The summed E-state index contributed by atoms with van der Waals surface area (Å²) in [6, 6.07) is 16.1. The van der Waals surface area contributed by atoms with E-state index in [4.69, 9.17) is 0 Å². The maximum Gasteiger partial charge on any atom is 0.336 e. The van der Waals surface area contributed by atoms with Gasteiger partial charge in [-0.05, 0) is 84.5 Å². The van der Waals surface area contributed by atoms with Gasteiger partial charge in [0.15, 0.2) is 11.6 Å². The van der Waals surface area contributed by atoms with Gasteiger partial charge < -0.3 is 10.2 Å². The molecule has 0 amide bonds. The van der Waals surface area contributed by atoms with Gasteiger partial charge in [0.2, 0.25) is 0 Å². The molecule has 6 nitrogen and oxygen atoms in total. The number of carboxylic acids is 2. The van der Waals surface area contributed by atoms with Crippen molar-refractivity contribution in [2.75, 3.05) is 0 Å². The number of aromatic carboxylic acids is 2. The van der Waals surface area contributed by atoms with Crippen LogP contribution in [0.2, 0.25) is 0 Å². The van der Waals surface area contributed by atoms with E-state index in [9.17, 15) is 29.4 Å². The topological polar surface area (TPSA) is 109 Å². The number of ketones is 2. The third-order valence-electron chi connectivity index (χ3n) is 8.31. The first-order valence-corrected chi connectivity index (χ1v) is 16.3. The second-order valence-corrected chi connectivity index (χ2v) is 15.4. The van der Waals surface area contributed by atoms with Crippen LogP contribution in [0.25, 0.3) is 0 Å². The minimum Gasteiger partial charge on any atom is -0.478 e. The third-order valence-corrected chi connectivity index (χ3v) is 8.31. The second-order valence-electron chi connectivity index (χ2n) is 15.4. The zero-order valence-corrected chi connectivity index (χ0v) is 28.7. The molecule has 0 aliphatic heterocycles. The van der Waals surface area contributed by atoms with Gasteiger partial charge in [0, 0.05) is 22.3 Å². The first-order valence-electron chi connectivity index (χ1n) is 16.3. The molecule has 3 rings (SSSR count). The molecule has 0 fully saturated rings. The van der Waals surface area contributed by atoms with Crippen LogP contribution in [0.4, 0.5) is 0 Å². The molecule has 0 heterocycles. The average molecular weight is 627 g/mol. The van der Waals surface area contributed by atoms with Crippen LogP contribution in [-0.2, 0) is 12.8 Å². The lowest BCUT2D eigenvalue weighted by atomic mass is 9.83. The Morgan fingerprint density at radius 1 is 0.543 bits per heavy atom. The normalized spacial score (nSPS) is 13.2. The van der Waals surface area contributed by atoms with E-state index < -0.39 is 34.6 Å². The summed E-state index contributed by atoms with van der Waals surface area (Å²) < 4.78 is 0. The van der Waals surface area contributed by atoms with E-state index in [1.165, 1.54) is 0 Å². The van der Waals surface area contributed by atoms with Gasteiger partial charge in [0.1, 0.15) is 0 Å². The highest BCUT2D eigenvalue weighted by molar-refractivity contribution is 6.19. The molecule has 0 bridgehead atoms. The molecule has 0 saturated carbocycles. The van der Waals surface area contributed by atoms with Gasteiger partial charge >= 0.3 is 11.9 Å². The van der Waals surface area contributed by atoms with E-state index in [0.717, 1.165) is 61.8 Å². The largest absolute Gasteiger partial charge is 0.478 e. The van der Waals surface area contributed by atoms with E-state index in [2.05, 4.69) is 55.4 Å². The molecule has 0 aromatic heterocycles. The van der Waals surface area contributed by atoms with Crippen molar-refractivity contribution in [3.8, 4) is 0 Å². The molecule has 6 heteroatoms. The smallest absolute Gasteiger partial charge is 0.336 e. The van der Waals surface area contributed by atoms with Crippen molar-refractivity contribution in [2.45, 2.75) is 93.9 Å². The SMILES string of the molecule is CC(CCc1ccc(C(=O)c2cc(C(=O)c3ccc(CCC(C)CC(C)(C)C)cc3)c(C(=O)O)cc2C(=O)O)cc1)CC(C)(C)C. The van der Waals surface area contributed by atoms with Gasteiger partial charge in [-0.15, -0.1) is 0 Å². The van der Waals surface area contributed by atoms with Crippen molar-refractivity contribution >= 4 is 23.5 Å². The number of carbonyl (C=O) groups excluding carboxylic acids is 2. The Bertz CT molecular complexity index is 1430. The molecule has 2 unspecified atom stereocenters. The van der Waals surface area contributed by atoms with Crippen LogP contribution >= 0.6 is 0 Å². The van der Waals surface area contributed by atoms with Gasteiger partial charge in [0.05, 0.1) is 11.1 Å². The number of hydrogen-bond donors (Lipinski definition) is 2. The molecule has 246 valence electrons. The molecule has 3 aromatic rings. The van der Waals surface area contributed by atoms with Crippen molar-refractivity contribution in [3.05, 3.63) is 105 Å². The van der Waals surface area contributed by atoms with Crippen LogP contribution in [-0.4, -0.2) is 33.7 Å².